The second kappa shape index (κ2) is 19.9. The van der Waals surface area contributed by atoms with Gasteiger partial charge in [-0.05, 0) is 117 Å². The molecular weight excluding hydrogens is 851 g/mol. The van der Waals surface area contributed by atoms with Gasteiger partial charge in [-0.3, -0.25) is 33.8 Å². The minimum atomic E-state index is -0.863. The van der Waals surface area contributed by atoms with Gasteiger partial charge in [-0.2, -0.15) is 0 Å². The molecule has 15 heteroatoms. The predicted molar refractivity (Wildman–Crippen MR) is 258 cm³/mol. The van der Waals surface area contributed by atoms with E-state index in [-0.39, 0.29) is 67.1 Å². The van der Waals surface area contributed by atoms with Crippen molar-refractivity contribution in [3.8, 4) is 28.3 Å². The number of esters is 1. The van der Waals surface area contributed by atoms with Gasteiger partial charge in [0, 0.05) is 68.2 Å². The van der Waals surface area contributed by atoms with E-state index in [2.05, 4.69) is 54.8 Å². The van der Waals surface area contributed by atoms with Crippen molar-refractivity contribution in [1.29, 1.82) is 0 Å². The van der Waals surface area contributed by atoms with Crippen LogP contribution >= 0.6 is 0 Å². The van der Waals surface area contributed by atoms with Crippen molar-refractivity contribution < 1.29 is 33.8 Å². The third-order valence-corrected chi connectivity index (χ3v) is 13.6. The van der Waals surface area contributed by atoms with E-state index in [4.69, 9.17) is 4.74 Å². The number of carbonyl (C=O) groups is 5. The molecule has 2 aromatic heterocycles. The summed E-state index contributed by atoms with van der Waals surface area (Å²) in [6.07, 6.45) is 3.33. The fourth-order valence-electron chi connectivity index (χ4n) is 10.3. The number of phenolic OH excluding ortho intramolecular Hbond substituents is 1. The maximum absolute atomic E-state index is 14.7. The molecule has 358 valence electrons. The topological polar surface area (TPSA) is 176 Å². The first-order chi connectivity index (χ1) is 31.8. The molecule has 3 aliphatic rings. The monoisotopic (exact) mass is 918 g/mol. The fourth-order valence-corrected chi connectivity index (χ4v) is 10.3. The zero-order valence-electron chi connectivity index (χ0n) is 40.3. The standard InChI is InChI=1S/C52H67N7O8/c1-10-44(61)56-21-19-35(29-56)49(64)55(9)46(31(3)4)48(63)53-28-37-23-33-22-36(25-38(60)24-33)34-17-18-42-39(26-34)40(47(57(42)11-2)43-15-12-16-45(62)59(43)32(5)6)27-52(7,8)30-67-51(66)41-14-13-20-58(54-41)50(37)65/h10,12,15-18,22,24-26,31-32,35,37,41,46,54,60H,1,11,13-14,19-21,23,27-30H2,2-9H3,(H,53,63)/t35-,37+,41-,46-/m0/s1. The number of aryl methyl sites for hydroxylation is 1. The Balaban J connectivity index is 1.27. The number of ether oxygens (including phenoxy) is 1. The maximum Gasteiger partial charge on any atom is 0.324 e. The third-order valence-electron chi connectivity index (χ3n) is 13.6. The summed E-state index contributed by atoms with van der Waals surface area (Å²) in [5.41, 5.74) is 8.37. The molecule has 4 atom stereocenters. The number of likely N-dealkylation sites (tertiary alicyclic amines) is 1. The van der Waals surface area contributed by atoms with Gasteiger partial charge in [-0.1, -0.05) is 52.5 Å². The fraction of sp³-hybridized carbons (Fsp3) is 0.500. The molecule has 0 spiro atoms. The number of benzene rings is 2. The first-order valence-electron chi connectivity index (χ1n) is 23.7. The summed E-state index contributed by atoms with van der Waals surface area (Å²) in [5.74, 6) is -3.31. The minimum absolute atomic E-state index is 0.00910. The van der Waals surface area contributed by atoms with Gasteiger partial charge in [-0.25, -0.2) is 5.43 Å². The zero-order valence-corrected chi connectivity index (χ0v) is 40.3. The molecule has 0 saturated carbocycles. The Morgan fingerprint density at radius 3 is 2.48 bits per heavy atom. The first-order valence-corrected chi connectivity index (χ1v) is 23.7. The van der Waals surface area contributed by atoms with Crippen molar-refractivity contribution in [2.75, 3.05) is 39.8 Å². The molecule has 4 aromatic rings. The van der Waals surface area contributed by atoms with Crippen LogP contribution < -0.4 is 16.3 Å². The highest BCUT2D eigenvalue weighted by molar-refractivity contribution is 5.95. The summed E-state index contributed by atoms with van der Waals surface area (Å²) in [7, 11) is 1.60. The van der Waals surface area contributed by atoms with Crippen LogP contribution in [-0.2, 0) is 48.1 Å². The van der Waals surface area contributed by atoms with E-state index in [1.807, 2.05) is 50.5 Å². The van der Waals surface area contributed by atoms with E-state index in [0.29, 0.717) is 50.9 Å². The number of hydrogen-bond acceptors (Lipinski definition) is 9. The van der Waals surface area contributed by atoms with Gasteiger partial charge in [0.1, 0.15) is 17.8 Å². The Kier molecular flexibility index (Phi) is 14.5. The Morgan fingerprint density at radius 1 is 1.01 bits per heavy atom. The summed E-state index contributed by atoms with van der Waals surface area (Å²) in [6, 6.07) is 15.0. The molecule has 6 bridgehead atoms. The number of cyclic esters (lactones) is 1. The van der Waals surface area contributed by atoms with E-state index in [0.717, 1.165) is 39.0 Å². The van der Waals surface area contributed by atoms with Gasteiger partial charge >= 0.3 is 5.97 Å². The van der Waals surface area contributed by atoms with Crippen LogP contribution in [0.5, 0.6) is 5.75 Å². The van der Waals surface area contributed by atoms with E-state index in [1.165, 1.54) is 16.0 Å². The van der Waals surface area contributed by atoms with Crippen LogP contribution in [0.2, 0.25) is 0 Å². The number of hydrazine groups is 1. The molecule has 0 radical (unpaired) electrons. The molecule has 3 N–H and O–H groups in total. The van der Waals surface area contributed by atoms with Crippen LogP contribution in [0.1, 0.15) is 84.9 Å². The van der Waals surface area contributed by atoms with Crippen molar-refractivity contribution in [1.82, 2.24) is 34.7 Å². The number of likely N-dealkylation sites (N-methyl/N-ethyl adjacent to an activating group) is 1. The highest BCUT2D eigenvalue weighted by atomic mass is 16.5. The van der Waals surface area contributed by atoms with Crippen LogP contribution in [0.15, 0.2) is 72.0 Å². The number of rotatable bonds is 10. The average molecular weight is 918 g/mol. The highest BCUT2D eigenvalue weighted by Gasteiger charge is 2.39. The Morgan fingerprint density at radius 2 is 1.78 bits per heavy atom. The van der Waals surface area contributed by atoms with Gasteiger partial charge in [0.2, 0.25) is 23.6 Å². The minimum Gasteiger partial charge on any atom is -0.508 e. The van der Waals surface area contributed by atoms with Gasteiger partial charge < -0.3 is 34.1 Å². The van der Waals surface area contributed by atoms with Crippen LogP contribution in [0.25, 0.3) is 33.4 Å². The van der Waals surface area contributed by atoms with Crippen molar-refractivity contribution >= 4 is 40.5 Å². The third kappa shape index (κ3) is 10.2. The molecule has 3 aliphatic heterocycles. The lowest BCUT2D eigenvalue weighted by Gasteiger charge is -2.36. The molecule has 2 aromatic carbocycles. The molecule has 2 fully saturated rings. The van der Waals surface area contributed by atoms with Gasteiger partial charge in [0.25, 0.3) is 5.56 Å². The molecule has 5 heterocycles. The molecule has 4 amide bonds. The number of nitrogens with one attached hydrogen (secondary N) is 2. The normalized spacial score (nSPS) is 20.4. The van der Waals surface area contributed by atoms with Crippen molar-refractivity contribution in [2.45, 2.75) is 105 Å². The largest absolute Gasteiger partial charge is 0.508 e. The predicted octanol–water partition coefficient (Wildman–Crippen LogP) is 5.86. The lowest BCUT2D eigenvalue weighted by molar-refractivity contribution is -0.155. The highest BCUT2D eigenvalue weighted by Crippen LogP contribution is 2.41. The number of hydrogen-bond donors (Lipinski definition) is 3. The number of amides is 4. The number of phenols is 1. The maximum atomic E-state index is 14.7. The lowest BCUT2D eigenvalue weighted by atomic mass is 9.84. The molecular formula is C52H67N7O8. The van der Waals surface area contributed by atoms with Crippen molar-refractivity contribution in [3.63, 3.8) is 0 Å². The number of aromatic nitrogens is 2. The number of pyridine rings is 1. The van der Waals surface area contributed by atoms with E-state index < -0.39 is 41.2 Å². The average Bonchev–Trinajstić information content (AvgIpc) is 3.91. The number of aromatic hydroxyl groups is 1. The van der Waals surface area contributed by atoms with Crippen LogP contribution in [-0.4, -0.2) is 111 Å². The van der Waals surface area contributed by atoms with Crippen LogP contribution in [0, 0.1) is 23.2 Å². The zero-order chi connectivity index (χ0) is 48.5. The van der Waals surface area contributed by atoms with Crippen molar-refractivity contribution in [2.24, 2.45) is 23.2 Å². The van der Waals surface area contributed by atoms with Crippen LogP contribution in [0.3, 0.4) is 0 Å². The second-order valence-corrected chi connectivity index (χ2v) is 19.9. The molecule has 2 saturated heterocycles. The Bertz CT molecular complexity index is 2630. The summed E-state index contributed by atoms with van der Waals surface area (Å²) in [4.78, 5) is 85.3. The van der Waals surface area contributed by atoms with Gasteiger partial charge in [0.15, 0.2) is 0 Å². The van der Waals surface area contributed by atoms with E-state index in [9.17, 15) is 33.9 Å². The number of fused-ring (bicyclic) bond motifs is 6. The smallest absolute Gasteiger partial charge is 0.324 e. The molecule has 15 nitrogen and oxygen atoms in total. The Labute approximate surface area is 393 Å². The summed E-state index contributed by atoms with van der Waals surface area (Å²) in [6.45, 7) is 19.1. The Hall–Kier alpha value is -6.22. The van der Waals surface area contributed by atoms with Crippen LogP contribution in [0.4, 0.5) is 0 Å². The molecule has 0 unspecified atom stereocenters. The number of nitrogens with zero attached hydrogens (tertiary/aromatic N) is 5. The second-order valence-electron chi connectivity index (χ2n) is 19.9. The molecule has 67 heavy (non-hydrogen) atoms. The molecule has 0 aliphatic carbocycles. The SMILES string of the molecule is C=CC(=O)N1CC[C@H](C(=O)N(C)[C@H](C(=O)NC[C@H]2Cc3cc(O)cc(c3)-c3ccc4c(c3)c(c(-c3cccc(=O)n3C(C)C)n4CC)CC(C)(C)COC(=O)[C@@H]3CCCN(N3)C2=O)C(C)C)C1. The van der Waals surface area contributed by atoms with E-state index >= 15 is 0 Å². The number of carbonyl (C=O) groups excluding carboxylic acids is 5. The summed E-state index contributed by atoms with van der Waals surface area (Å²) >= 11 is 0. The van der Waals surface area contributed by atoms with Gasteiger partial charge in [-0.15, -0.1) is 0 Å². The quantitative estimate of drug-likeness (QED) is 0.130. The summed E-state index contributed by atoms with van der Waals surface area (Å²) < 4.78 is 10.1. The van der Waals surface area contributed by atoms with E-state index in [1.54, 1.807) is 36.2 Å². The lowest BCUT2D eigenvalue weighted by Crippen LogP contribution is -2.58. The summed E-state index contributed by atoms with van der Waals surface area (Å²) in [5, 5.41) is 16.7. The molecule has 7 rings (SSSR count). The van der Waals surface area contributed by atoms with Crippen molar-refractivity contribution in [3.05, 3.63) is 88.7 Å². The van der Waals surface area contributed by atoms with Gasteiger partial charge in [0.05, 0.1) is 29.8 Å². The first kappa shape index (κ1) is 48.7.